The maximum atomic E-state index is 12.9. The highest BCUT2D eigenvalue weighted by molar-refractivity contribution is 9.10. The van der Waals surface area contributed by atoms with Crippen LogP contribution in [-0.4, -0.2) is 42.5 Å². The van der Waals surface area contributed by atoms with E-state index in [0.717, 1.165) is 4.47 Å². The Kier molecular flexibility index (Phi) is 6.39. The summed E-state index contributed by atoms with van der Waals surface area (Å²) in [6.07, 6.45) is 2.27. The highest BCUT2D eigenvalue weighted by Crippen LogP contribution is 2.27. The molecular formula is C18H17BrClN3O4S. The average molecular weight is 487 g/mol. The van der Waals surface area contributed by atoms with Gasteiger partial charge in [0.05, 0.1) is 11.1 Å². The topological polar surface area (TPSA) is 99.1 Å². The predicted molar refractivity (Wildman–Crippen MR) is 110 cm³/mol. The van der Waals surface area contributed by atoms with E-state index in [-0.39, 0.29) is 17.2 Å². The summed E-state index contributed by atoms with van der Waals surface area (Å²) in [5, 5.41) is 14.1. The van der Waals surface area contributed by atoms with Crippen LogP contribution in [0.25, 0.3) is 0 Å². The summed E-state index contributed by atoms with van der Waals surface area (Å²) in [5.74, 6) is -0.519. The molecule has 1 heterocycles. The summed E-state index contributed by atoms with van der Waals surface area (Å²) in [4.78, 5) is 12.6. The van der Waals surface area contributed by atoms with Crippen LogP contribution in [0.2, 0.25) is 5.02 Å². The molecule has 0 saturated carbocycles. The second-order valence-electron chi connectivity index (χ2n) is 6.17. The van der Waals surface area contributed by atoms with Crippen LogP contribution in [-0.2, 0) is 14.8 Å². The number of nitrogens with zero attached hydrogens (tertiary/aromatic N) is 2. The predicted octanol–water partition coefficient (Wildman–Crippen LogP) is 3.11. The van der Waals surface area contributed by atoms with E-state index in [2.05, 4.69) is 26.5 Å². The number of halogens is 2. The fraction of sp³-hybridized carbons (Fsp3) is 0.222. The van der Waals surface area contributed by atoms with Gasteiger partial charge in [0.25, 0.3) is 5.91 Å². The maximum Gasteiger partial charge on any atom is 0.258 e. The molecule has 0 unspecified atom stereocenters. The summed E-state index contributed by atoms with van der Waals surface area (Å²) in [6.45, 7) is 0.249. The third kappa shape index (κ3) is 4.54. The standard InChI is InChI=1S/C18H17BrClN3O4S/c19-13-3-8-17(24)12(10-13)11-21-22-18(25)16-2-1-9-23(16)28(26,27)15-6-4-14(20)5-7-15/h3-8,10-11,16,24H,1-2,9H2,(H,22,25)/b21-11-/t16-/m0/s1. The number of hydrogen-bond donors (Lipinski definition) is 2. The molecule has 2 aromatic carbocycles. The first-order valence-corrected chi connectivity index (χ1v) is 11.0. The number of benzene rings is 2. The average Bonchev–Trinajstić information content (AvgIpc) is 3.16. The van der Waals surface area contributed by atoms with E-state index in [0.29, 0.717) is 23.4 Å². The van der Waals surface area contributed by atoms with Crippen LogP contribution in [0.3, 0.4) is 0 Å². The molecule has 0 spiro atoms. The molecule has 7 nitrogen and oxygen atoms in total. The molecule has 1 aliphatic rings. The van der Waals surface area contributed by atoms with E-state index in [1.54, 1.807) is 12.1 Å². The molecule has 2 aromatic rings. The SMILES string of the molecule is O=C(N/N=C\c1cc(Br)ccc1O)[C@@H]1CCCN1S(=O)(=O)c1ccc(Cl)cc1. The molecule has 0 aromatic heterocycles. The monoisotopic (exact) mass is 485 g/mol. The Hall–Kier alpha value is -1.94. The van der Waals surface area contributed by atoms with Crippen LogP contribution in [0.4, 0.5) is 0 Å². The van der Waals surface area contributed by atoms with Crippen molar-refractivity contribution in [3.63, 3.8) is 0 Å². The zero-order valence-corrected chi connectivity index (χ0v) is 17.7. The van der Waals surface area contributed by atoms with Crippen LogP contribution in [0.15, 0.2) is 56.9 Å². The number of rotatable bonds is 5. The highest BCUT2D eigenvalue weighted by atomic mass is 79.9. The van der Waals surface area contributed by atoms with Gasteiger partial charge in [-0.3, -0.25) is 4.79 Å². The van der Waals surface area contributed by atoms with Crippen molar-refractivity contribution in [1.82, 2.24) is 9.73 Å². The van der Waals surface area contributed by atoms with Gasteiger partial charge in [0.2, 0.25) is 10.0 Å². The van der Waals surface area contributed by atoms with Gasteiger partial charge in [-0.2, -0.15) is 9.41 Å². The molecule has 1 aliphatic heterocycles. The van der Waals surface area contributed by atoms with Gasteiger partial charge in [0.15, 0.2) is 0 Å². The van der Waals surface area contributed by atoms with E-state index in [1.807, 2.05) is 0 Å². The van der Waals surface area contributed by atoms with Crippen molar-refractivity contribution in [2.75, 3.05) is 6.54 Å². The lowest BCUT2D eigenvalue weighted by Gasteiger charge is -2.22. The van der Waals surface area contributed by atoms with Gasteiger partial charge in [-0.15, -0.1) is 0 Å². The number of carbonyl (C=O) groups is 1. The number of amides is 1. The largest absolute Gasteiger partial charge is 0.507 e. The molecule has 1 amide bonds. The number of sulfonamides is 1. The smallest absolute Gasteiger partial charge is 0.258 e. The minimum Gasteiger partial charge on any atom is -0.507 e. The van der Waals surface area contributed by atoms with E-state index in [9.17, 15) is 18.3 Å². The molecule has 10 heteroatoms. The van der Waals surface area contributed by atoms with Gasteiger partial charge < -0.3 is 5.11 Å². The molecule has 1 saturated heterocycles. The van der Waals surface area contributed by atoms with Gasteiger partial charge >= 0.3 is 0 Å². The number of nitrogens with one attached hydrogen (secondary N) is 1. The van der Waals surface area contributed by atoms with Crippen molar-refractivity contribution in [2.45, 2.75) is 23.8 Å². The molecule has 28 heavy (non-hydrogen) atoms. The van der Waals surface area contributed by atoms with E-state index in [1.165, 1.54) is 40.9 Å². The Labute approximate surface area is 176 Å². The molecule has 1 atom stereocenters. The number of phenols is 1. The Bertz CT molecular complexity index is 1010. The third-order valence-corrected chi connectivity index (χ3v) is 6.96. The number of hydrogen-bond acceptors (Lipinski definition) is 5. The van der Waals surface area contributed by atoms with E-state index >= 15 is 0 Å². The quantitative estimate of drug-likeness (QED) is 0.501. The first-order chi connectivity index (χ1) is 13.3. The van der Waals surface area contributed by atoms with Crippen molar-refractivity contribution < 1.29 is 18.3 Å². The van der Waals surface area contributed by atoms with Gasteiger partial charge in [-0.05, 0) is 55.3 Å². The second kappa shape index (κ2) is 8.60. The fourth-order valence-corrected chi connectivity index (χ4v) is 5.06. The first kappa shape index (κ1) is 20.8. The summed E-state index contributed by atoms with van der Waals surface area (Å²) >= 11 is 9.11. The van der Waals surface area contributed by atoms with Crippen molar-refractivity contribution in [3.05, 3.63) is 57.5 Å². The molecular weight excluding hydrogens is 470 g/mol. The van der Waals surface area contributed by atoms with Gasteiger partial charge in [-0.25, -0.2) is 13.8 Å². The van der Waals surface area contributed by atoms with Crippen LogP contribution in [0.1, 0.15) is 18.4 Å². The molecule has 2 N–H and O–H groups in total. The lowest BCUT2D eigenvalue weighted by molar-refractivity contribution is -0.124. The molecule has 0 aliphatic carbocycles. The summed E-state index contributed by atoms with van der Waals surface area (Å²) in [6, 6.07) is 9.76. The van der Waals surface area contributed by atoms with Gasteiger partial charge in [-0.1, -0.05) is 27.5 Å². The second-order valence-corrected chi connectivity index (χ2v) is 9.41. The van der Waals surface area contributed by atoms with Crippen molar-refractivity contribution in [1.29, 1.82) is 0 Å². The lowest BCUT2D eigenvalue weighted by atomic mass is 10.2. The van der Waals surface area contributed by atoms with Gasteiger partial charge in [0.1, 0.15) is 11.8 Å². The number of phenolic OH excluding ortho intramolecular Hbond substituents is 1. The fourth-order valence-electron chi connectivity index (χ4n) is 2.90. The van der Waals surface area contributed by atoms with Crippen LogP contribution in [0, 0.1) is 0 Å². The Morgan fingerprint density at radius 2 is 2.00 bits per heavy atom. The number of carbonyl (C=O) groups excluding carboxylic acids is 1. The highest BCUT2D eigenvalue weighted by Gasteiger charge is 2.39. The van der Waals surface area contributed by atoms with E-state index < -0.39 is 22.0 Å². The Balaban J connectivity index is 1.73. The maximum absolute atomic E-state index is 12.9. The van der Waals surface area contributed by atoms with Crippen LogP contribution in [0.5, 0.6) is 5.75 Å². The minimum absolute atomic E-state index is 0.00834. The lowest BCUT2D eigenvalue weighted by Crippen LogP contribution is -2.44. The summed E-state index contributed by atoms with van der Waals surface area (Å²) < 4.78 is 27.7. The van der Waals surface area contributed by atoms with Crippen LogP contribution >= 0.6 is 27.5 Å². The van der Waals surface area contributed by atoms with Crippen LogP contribution < -0.4 is 5.43 Å². The Morgan fingerprint density at radius 1 is 1.29 bits per heavy atom. The van der Waals surface area contributed by atoms with Crippen molar-refractivity contribution in [3.8, 4) is 5.75 Å². The Morgan fingerprint density at radius 3 is 2.71 bits per heavy atom. The van der Waals surface area contributed by atoms with Crippen molar-refractivity contribution >= 4 is 49.7 Å². The van der Waals surface area contributed by atoms with Gasteiger partial charge in [0, 0.05) is 21.6 Å². The molecule has 3 rings (SSSR count). The first-order valence-electron chi connectivity index (χ1n) is 8.38. The minimum atomic E-state index is -3.82. The molecule has 0 bridgehead atoms. The molecule has 148 valence electrons. The van der Waals surface area contributed by atoms with Crippen molar-refractivity contribution in [2.24, 2.45) is 5.10 Å². The van der Waals surface area contributed by atoms with E-state index in [4.69, 9.17) is 11.6 Å². The number of hydrazone groups is 1. The molecule has 0 radical (unpaired) electrons. The normalized spacial score (nSPS) is 17.9. The zero-order chi connectivity index (χ0) is 20.3. The molecule has 1 fully saturated rings. The zero-order valence-electron chi connectivity index (χ0n) is 14.5. The summed E-state index contributed by atoms with van der Waals surface area (Å²) in [5.41, 5.74) is 2.77. The number of aromatic hydroxyl groups is 1. The summed E-state index contributed by atoms with van der Waals surface area (Å²) in [7, 11) is -3.82. The third-order valence-electron chi connectivity index (χ3n) is 4.29.